The molecule has 0 bridgehead atoms. The van der Waals surface area contributed by atoms with Crippen LogP contribution in [0.25, 0.3) is 0 Å². The van der Waals surface area contributed by atoms with E-state index in [0.29, 0.717) is 18.7 Å². The Kier molecular flexibility index (Phi) is 6.24. The number of methoxy groups -OCH3 is 1. The molecule has 0 radical (unpaired) electrons. The first-order valence-corrected chi connectivity index (χ1v) is 6.03. The van der Waals surface area contributed by atoms with Gasteiger partial charge in [-0.2, -0.15) is 0 Å². The normalized spacial score (nSPS) is 10.3. The zero-order valence-electron chi connectivity index (χ0n) is 11.3. The molecule has 106 valence electrons. The second kappa shape index (κ2) is 7.70. The highest BCUT2D eigenvalue weighted by Gasteiger charge is 2.11. The van der Waals surface area contributed by atoms with Crippen molar-refractivity contribution in [3.05, 3.63) is 29.6 Å². The van der Waals surface area contributed by atoms with Crippen LogP contribution in [0.3, 0.4) is 0 Å². The van der Waals surface area contributed by atoms with Crippen molar-refractivity contribution < 1.29 is 13.9 Å². The third-order valence-electron chi connectivity index (χ3n) is 2.68. The summed E-state index contributed by atoms with van der Waals surface area (Å²) >= 11 is 0. The maximum atomic E-state index is 13.1. The van der Waals surface area contributed by atoms with Crippen molar-refractivity contribution >= 4 is 11.6 Å². The van der Waals surface area contributed by atoms with E-state index in [2.05, 4.69) is 5.32 Å². The maximum absolute atomic E-state index is 13.1. The monoisotopic (exact) mass is 269 g/mol. The van der Waals surface area contributed by atoms with E-state index in [0.717, 1.165) is 5.69 Å². The molecule has 0 heterocycles. The quantitative estimate of drug-likeness (QED) is 0.707. The summed E-state index contributed by atoms with van der Waals surface area (Å²) < 4.78 is 17.9. The van der Waals surface area contributed by atoms with Gasteiger partial charge in [0.1, 0.15) is 5.82 Å². The number of halogens is 1. The Balaban J connectivity index is 2.62. The molecule has 0 aliphatic carbocycles. The third-order valence-corrected chi connectivity index (χ3v) is 2.68. The minimum Gasteiger partial charge on any atom is -0.383 e. The average Bonchev–Trinajstić information content (AvgIpc) is 2.38. The molecule has 0 saturated heterocycles. The zero-order valence-corrected chi connectivity index (χ0v) is 11.3. The largest absolute Gasteiger partial charge is 0.383 e. The molecule has 0 saturated carbocycles. The van der Waals surface area contributed by atoms with E-state index in [-0.39, 0.29) is 24.8 Å². The van der Waals surface area contributed by atoms with E-state index in [4.69, 9.17) is 10.5 Å². The lowest BCUT2D eigenvalue weighted by molar-refractivity contribution is -0.119. The predicted molar refractivity (Wildman–Crippen MR) is 72.4 cm³/mol. The van der Waals surface area contributed by atoms with Crippen molar-refractivity contribution in [3.8, 4) is 0 Å². The van der Waals surface area contributed by atoms with Gasteiger partial charge in [0.2, 0.25) is 5.91 Å². The molecular weight excluding hydrogens is 249 g/mol. The van der Waals surface area contributed by atoms with E-state index in [1.807, 2.05) is 0 Å². The van der Waals surface area contributed by atoms with Crippen molar-refractivity contribution in [2.75, 3.05) is 38.8 Å². The summed E-state index contributed by atoms with van der Waals surface area (Å²) in [4.78, 5) is 13.4. The standard InChI is InChI=1S/C13H20FN3O2/c1-17(9-13(18)16-5-6-19-2)12-4-3-11(14)7-10(12)8-15/h3-4,7H,5-6,8-9,15H2,1-2H3,(H,16,18). The van der Waals surface area contributed by atoms with E-state index < -0.39 is 0 Å². The Bertz CT molecular complexity index is 426. The highest BCUT2D eigenvalue weighted by Crippen LogP contribution is 2.19. The van der Waals surface area contributed by atoms with Gasteiger partial charge in [-0.05, 0) is 23.8 Å². The fourth-order valence-electron chi connectivity index (χ4n) is 1.74. The van der Waals surface area contributed by atoms with E-state index in [9.17, 15) is 9.18 Å². The number of likely N-dealkylation sites (N-methyl/N-ethyl adjacent to an activating group) is 1. The Morgan fingerprint density at radius 1 is 1.53 bits per heavy atom. The second-order valence-corrected chi connectivity index (χ2v) is 4.18. The van der Waals surface area contributed by atoms with Crippen LogP contribution in [0, 0.1) is 5.82 Å². The van der Waals surface area contributed by atoms with Crippen LogP contribution in [0.1, 0.15) is 5.56 Å². The minimum atomic E-state index is -0.331. The summed E-state index contributed by atoms with van der Waals surface area (Å²) in [5.74, 6) is -0.450. The third kappa shape index (κ3) is 4.84. The molecule has 0 spiro atoms. The summed E-state index contributed by atoms with van der Waals surface area (Å²) in [6, 6.07) is 4.36. The lowest BCUT2D eigenvalue weighted by Crippen LogP contribution is -2.37. The van der Waals surface area contributed by atoms with Crippen molar-refractivity contribution in [2.24, 2.45) is 5.73 Å². The highest BCUT2D eigenvalue weighted by molar-refractivity contribution is 5.81. The van der Waals surface area contributed by atoms with Crippen LogP contribution in [-0.2, 0) is 16.1 Å². The lowest BCUT2D eigenvalue weighted by atomic mass is 10.1. The number of carbonyl (C=O) groups excluding carboxylic acids is 1. The second-order valence-electron chi connectivity index (χ2n) is 4.18. The molecule has 1 amide bonds. The van der Waals surface area contributed by atoms with Gasteiger partial charge in [-0.25, -0.2) is 4.39 Å². The SMILES string of the molecule is COCCNC(=O)CN(C)c1ccc(F)cc1CN. The number of hydrogen-bond donors (Lipinski definition) is 2. The maximum Gasteiger partial charge on any atom is 0.239 e. The van der Waals surface area contributed by atoms with E-state index in [1.165, 1.54) is 12.1 Å². The van der Waals surface area contributed by atoms with E-state index >= 15 is 0 Å². The van der Waals surface area contributed by atoms with Crippen LogP contribution in [-0.4, -0.2) is 39.8 Å². The number of carbonyl (C=O) groups is 1. The Morgan fingerprint density at radius 2 is 2.26 bits per heavy atom. The van der Waals surface area contributed by atoms with Crippen LogP contribution in [0.2, 0.25) is 0 Å². The molecule has 0 aromatic heterocycles. The van der Waals surface area contributed by atoms with Gasteiger partial charge in [0, 0.05) is 32.9 Å². The van der Waals surface area contributed by atoms with Crippen LogP contribution in [0.4, 0.5) is 10.1 Å². The van der Waals surface area contributed by atoms with Gasteiger partial charge in [-0.15, -0.1) is 0 Å². The van der Waals surface area contributed by atoms with Crippen molar-refractivity contribution in [3.63, 3.8) is 0 Å². The minimum absolute atomic E-state index is 0.119. The smallest absolute Gasteiger partial charge is 0.239 e. The summed E-state index contributed by atoms with van der Waals surface area (Å²) in [7, 11) is 3.34. The van der Waals surface area contributed by atoms with Gasteiger partial charge in [-0.1, -0.05) is 0 Å². The molecule has 1 aromatic rings. The first-order chi connectivity index (χ1) is 9.08. The van der Waals surface area contributed by atoms with Crippen molar-refractivity contribution in [2.45, 2.75) is 6.54 Å². The molecule has 1 rings (SSSR count). The van der Waals surface area contributed by atoms with Crippen LogP contribution in [0.5, 0.6) is 0 Å². The summed E-state index contributed by atoms with van der Waals surface area (Å²) in [5.41, 5.74) is 7.00. The molecule has 6 heteroatoms. The van der Waals surface area contributed by atoms with Crippen LogP contribution < -0.4 is 16.0 Å². The van der Waals surface area contributed by atoms with Crippen molar-refractivity contribution in [1.82, 2.24) is 5.32 Å². The molecule has 0 aliphatic rings. The number of anilines is 1. The Labute approximate surface area is 112 Å². The first kappa shape index (κ1) is 15.4. The summed E-state index contributed by atoms with van der Waals surface area (Å²) in [6.45, 7) is 1.35. The van der Waals surface area contributed by atoms with Gasteiger partial charge >= 0.3 is 0 Å². The molecule has 3 N–H and O–H groups in total. The molecule has 0 aliphatic heterocycles. The van der Waals surface area contributed by atoms with Crippen molar-refractivity contribution in [1.29, 1.82) is 0 Å². The Hall–Kier alpha value is -1.66. The summed E-state index contributed by atoms with van der Waals surface area (Å²) in [5, 5.41) is 2.72. The number of rotatable bonds is 7. The molecule has 0 unspecified atom stereocenters. The number of nitrogens with zero attached hydrogens (tertiary/aromatic N) is 1. The van der Waals surface area contributed by atoms with Gasteiger partial charge in [0.15, 0.2) is 0 Å². The number of amides is 1. The fourth-order valence-corrected chi connectivity index (χ4v) is 1.74. The zero-order chi connectivity index (χ0) is 14.3. The lowest BCUT2D eigenvalue weighted by Gasteiger charge is -2.21. The first-order valence-electron chi connectivity index (χ1n) is 6.03. The van der Waals surface area contributed by atoms with Gasteiger partial charge < -0.3 is 20.7 Å². The van der Waals surface area contributed by atoms with E-state index in [1.54, 1.807) is 25.1 Å². The fraction of sp³-hybridized carbons (Fsp3) is 0.462. The molecule has 0 fully saturated rings. The number of nitrogens with two attached hydrogens (primary N) is 1. The molecule has 1 aromatic carbocycles. The molecule has 5 nitrogen and oxygen atoms in total. The number of benzene rings is 1. The Morgan fingerprint density at radius 3 is 2.89 bits per heavy atom. The predicted octanol–water partition coefficient (Wildman–Crippen LogP) is 0.483. The number of ether oxygens (including phenoxy) is 1. The number of hydrogen-bond acceptors (Lipinski definition) is 4. The van der Waals surface area contributed by atoms with Crippen LogP contribution >= 0.6 is 0 Å². The summed E-state index contributed by atoms with van der Waals surface area (Å²) in [6.07, 6.45) is 0. The topological polar surface area (TPSA) is 67.6 Å². The van der Waals surface area contributed by atoms with Gasteiger partial charge in [-0.3, -0.25) is 4.79 Å². The average molecular weight is 269 g/mol. The van der Waals surface area contributed by atoms with Gasteiger partial charge in [0.05, 0.1) is 13.2 Å². The number of nitrogens with one attached hydrogen (secondary N) is 1. The molecule has 19 heavy (non-hydrogen) atoms. The van der Waals surface area contributed by atoms with Crippen LogP contribution in [0.15, 0.2) is 18.2 Å². The van der Waals surface area contributed by atoms with Gasteiger partial charge in [0.25, 0.3) is 0 Å². The molecule has 0 atom stereocenters. The molecular formula is C13H20FN3O2. The highest BCUT2D eigenvalue weighted by atomic mass is 19.1.